The zero-order valence-electron chi connectivity index (χ0n) is 25.8. The van der Waals surface area contributed by atoms with Gasteiger partial charge in [-0.2, -0.15) is 0 Å². The van der Waals surface area contributed by atoms with E-state index in [4.69, 9.17) is 16.2 Å². The molecule has 0 aromatic rings. The van der Waals surface area contributed by atoms with E-state index in [0.29, 0.717) is 24.5 Å². The molecule has 2 rings (SSSR count). The summed E-state index contributed by atoms with van der Waals surface area (Å²) in [5.74, 6) is 4.09. The highest BCUT2D eigenvalue weighted by Gasteiger charge is 2.20. The molecule has 7 heteroatoms. The molecular formula is C33H54N4O3. The summed E-state index contributed by atoms with van der Waals surface area (Å²) in [7, 11) is 0. The molecule has 0 radical (unpaired) electrons. The van der Waals surface area contributed by atoms with E-state index in [1.54, 1.807) is 13.0 Å². The van der Waals surface area contributed by atoms with Crippen LogP contribution in [-0.2, 0) is 14.3 Å². The molecular weight excluding hydrogens is 500 g/mol. The van der Waals surface area contributed by atoms with Crippen LogP contribution in [0.5, 0.6) is 0 Å². The van der Waals surface area contributed by atoms with Crippen molar-refractivity contribution >= 4 is 11.8 Å². The van der Waals surface area contributed by atoms with Gasteiger partial charge in [0.05, 0.1) is 12.4 Å². The average molecular weight is 555 g/mol. The van der Waals surface area contributed by atoms with Crippen molar-refractivity contribution in [1.82, 2.24) is 10.2 Å². The zero-order valence-corrected chi connectivity index (χ0v) is 25.8. The number of primary amides is 1. The SMILES string of the molecule is C#CC.CC.CCCCC(CC)C(=O)N/C(C)=C/C=C(\N)N1CCC(COC2=C/CC/C(C(N)=O)=C/C=C\2)CC1. The second-order valence-electron chi connectivity index (χ2n) is 9.77. The first-order valence-corrected chi connectivity index (χ1v) is 14.8. The Bertz CT molecular complexity index is 945. The van der Waals surface area contributed by atoms with E-state index >= 15 is 0 Å². The van der Waals surface area contributed by atoms with Crippen molar-refractivity contribution < 1.29 is 14.3 Å². The number of nitrogens with one attached hydrogen (secondary N) is 1. The summed E-state index contributed by atoms with van der Waals surface area (Å²) >= 11 is 0. The Kier molecular flexibility index (Phi) is 20.5. The van der Waals surface area contributed by atoms with Crippen molar-refractivity contribution in [3.8, 4) is 12.3 Å². The van der Waals surface area contributed by atoms with Crippen molar-refractivity contribution in [3.05, 3.63) is 59.3 Å². The van der Waals surface area contributed by atoms with Gasteiger partial charge in [0, 0.05) is 30.3 Å². The van der Waals surface area contributed by atoms with Crippen LogP contribution < -0.4 is 16.8 Å². The molecule has 1 atom stereocenters. The standard InChI is InChI=1S/C28H44N4O3.C3H4.C2H6/c1-4-6-9-23(5-2)28(34)31-21(3)14-15-26(29)32-18-16-22(17-19-32)20-35-25-12-7-10-24(27(30)33)11-8-13-25;1-3-2;1-2/h7,10,12-15,22-23H,4-6,8-9,11,16-20,29H2,1-3H3,(H2,30,33)(H,31,34);1H,2H3;1-2H3/b12-7-,21-14+,24-10-,25-13+,26-15+;;. The van der Waals surface area contributed by atoms with Gasteiger partial charge in [-0.15, -0.1) is 12.3 Å². The van der Waals surface area contributed by atoms with Gasteiger partial charge in [0.15, 0.2) is 0 Å². The number of hydrogen-bond donors (Lipinski definition) is 3. The molecule has 0 spiro atoms. The lowest BCUT2D eigenvalue weighted by Gasteiger charge is -2.33. The minimum atomic E-state index is -0.365. The number of hydrogen-bond acceptors (Lipinski definition) is 5. The molecule has 1 fully saturated rings. The van der Waals surface area contributed by atoms with E-state index in [1.807, 2.05) is 51.2 Å². The Morgan fingerprint density at radius 3 is 2.45 bits per heavy atom. The van der Waals surface area contributed by atoms with Gasteiger partial charge < -0.3 is 26.4 Å². The van der Waals surface area contributed by atoms with Crippen molar-refractivity contribution in [2.24, 2.45) is 23.3 Å². The van der Waals surface area contributed by atoms with Crippen molar-refractivity contribution in [3.63, 3.8) is 0 Å². The van der Waals surface area contributed by atoms with E-state index in [-0.39, 0.29) is 17.7 Å². The van der Waals surface area contributed by atoms with Crippen molar-refractivity contribution in [2.75, 3.05) is 19.7 Å². The van der Waals surface area contributed by atoms with Gasteiger partial charge in [-0.1, -0.05) is 52.7 Å². The van der Waals surface area contributed by atoms with Crippen LogP contribution in [0.4, 0.5) is 0 Å². The lowest BCUT2D eigenvalue weighted by molar-refractivity contribution is -0.124. The lowest BCUT2D eigenvalue weighted by atomic mass is 9.98. The molecule has 1 aliphatic heterocycles. The fourth-order valence-electron chi connectivity index (χ4n) is 4.29. The molecule has 0 bridgehead atoms. The first-order valence-electron chi connectivity index (χ1n) is 14.8. The van der Waals surface area contributed by atoms with Crippen LogP contribution in [0.15, 0.2) is 59.3 Å². The van der Waals surface area contributed by atoms with E-state index in [9.17, 15) is 9.59 Å². The number of rotatable bonds is 12. The highest BCUT2D eigenvalue weighted by Crippen LogP contribution is 2.21. The van der Waals surface area contributed by atoms with E-state index in [1.165, 1.54) is 0 Å². The number of unbranched alkanes of at least 4 members (excludes halogenated alkanes) is 1. The summed E-state index contributed by atoms with van der Waals surface area (Å²) < 4.78 is 6.03. The number of allylic oxidation sites excluding steroid dienone is 7. The third-order valence-electron chi connectivity index (χ3n) is 6.69. The number of piperidine rings is 1. The third kappa shape index (κ3) is 15.3. The summed E-state index contributed by atoms with van der Waals surface area (Å²) in [4.78, 5) is 26.0. The maximum atomic E-state index is 12.5. The second-order valence-corrected chi connectivity index (χ2v) is 9.77. The molecule has 40 heavy (non-hydrogen) atoms. The number of carbonyl (C=O) groups is 2. The molecule has 2 amide bonds. The minimum Gasteiger partial charge on any atom is -0.494 e. The topological polar surface area (TPSA) is 111 Å². The van der Waals surface area contributed by atoms with Crippen LogP contribution in [0.2, 0.25) is 0 Å². The molecule has 0 aromatic carbocycles. The number of terminal acetylenes is 1. The molecule has 1 heterocycles. The Morgan fingerprint density at radius 1 is 1.23 bits per heavy atom. The van der Waals surface area contributed by atoms with Crippen LogP contribution in [-0.4, -0.2) is 36.4 Å². The number of ether oxygens (including phenoxy) is 1. The smallest absolute Gasteiger partial charge is 0.244 e. The first-order chi connectivity index (χ1) is 19.2. The molecule has 0 saturated carbocycles. The van der Waals surface area contributed by atoms with Gasteiger partial charge in [-0.05, 0) is 82.6 Å². The number of amides is 2. The maximum Gasteiger partial charge on any atom is 0.244 e. The monoisotopic (exact) mass is 554 g/mol. The van der Waals surface area contributed by atoms with E-state index in [2.05, 4.69) is 36.4 Å². The van der Waals surface area contributed by atoms with Crippen LogP contribution >= 0.6 is 0 Å². The van der Waals surface area contributed by atoms with Gasteiger partial charge in [0.1, 0.15) is 5.76 Å². The summed E-state index contributed by atoms with van der Waals surface area (Å²) in [5, 5.41) is 3.02. The highest BCUT2D eigenvalue weighted by atomic mass is 16.5. The number of nitrogens with two attached hydrogens (primary N) is 2. The first kappa shape index (κ1) is 36.6. The van der Waals surface area contributed by atoms with Gasteiger partial charge >= 0.3 is 0 Å². The molecule has 0 aromatic heterocycles. The predicted octanol–water partition coefficient (Wildman–Crippen LogP) is 6.06. The molecule has 1 saturated heterocycles. The normalized spacial score (nSPS) is 20.2. The maximum absolute atomic E-state index is 12.5. The number of carbonyl (C=O) groups excluding carboxylic acids is 2. The zero-order chi connectivity index (χ0) is 30.3. The largest absolute Gasteiger partial charge is 0.494 e. The summed E-state index contributed by atoms with van der Waals surface area (Å²) in [6, 6.07) is 0. The molecule has 1 unspecified atom stereocenters. The Balaban J connectivity index is 0.00000284. The summed E-state index contributed by atoms with van der Waals surface area (Å²) in [5.41, 5.74) is 13.1. The Labute approximate surface area is 243 Å². The van der Waals surface area contributed by atoms with E-state index < -0.39 is 0 Å². The van der Waals surface area contributed by atoms with Gasteiger partial charge in [0.25, 0.3) is 0 Å². The Hall–Kier alpha value is -3.40. The van der Waals surface area contributed by atoms with Gasteiger partial charge in [-0.3, -0.25) is 9.59 Å². The fourth-order valence-corrected chi connectivity index (χ4v) is 4.29. The van der Waals surface area contributed by atoms with Crippen LogP contribution in [0, 0.1) is 24.2 Å². The molecule has 1 aliphatic carbocycles. The summed E-state index contributed by atoms with van der Waals surface area (Å²) in [6.07, 6.45) is 23.2. The lowest BCUT2D eigenvalue weighted by Crippen LogP contribution is -2.37. The van der Waals surface area contributed by atoms with Gasteiger partial charge in [0.2, 0.25) is 11.8 Å². The van der Waals surface area contributed by atoms with E-state index in [0.717, 1.165) is 75.3 Å². The minimum absolute atomic E-state index is 0.0682. The highest BCUT2D eigenvalue weighted by molar-refractivity contribution is 5.92. The van der Waals surface area contributed by atoms with Crippen molar-refractivity contribution in [2.45, 2.75) is 92.9 Å². The predicted molar refractivity (Wildman–Crippen MR) is 167 cm³/mol. The van der Waals surface area contributed by atoms with Crippen LogP contribution in [0.1, 0.15) is 92.9 Å². The quantitative estimate of drug-likeness (QED) is 0.201. The molecule has 2 aliphatic rings. The number of likely N-dealkylation sites (tertiary alicyclic amines) is 1. The molecule has 224 valence electrons. The second kappa shape index (κ2) is 22.4. The average Bonchev–Trinajstić information content (AvgIpc) is 2.93. The van der Waals surface area contributed by atoms with Crippen LogP contribution in [0.3, 0.4) is 0 Å². The number of nitrogens with zero attached hydrogens (tertiary/aromatic N) is 1. The summed E-state index contributed by atoms with van der Waals surface area (Å²) in [6.45, 7) is 14.2. The fraction of sp³-hybridized carbons (Fsp3) is 0.576. The van der Waals surface area contributed by atoms with Gasteiger partial charge in [-0.25, -0.2) is 0 Å². The third-order valence-corrected chi connectivity index (χ3v) is 6.69. The van der Waals surface area contributed by atoms with Crippen molar-refractivity contribution in [1.29, 1.82) is 0 Å². The molecule has 5 N–H and O–H groups in total. The van der Waals surface area contributed by atoms with Crippen LogP contribution in [0.25, 0.3) is 0 Å². The Morgan fingerprint density at radius 2 is 1.88 bits per heavy atom. The molecule has 7 nitrogen and oxygen atoms in total.